The third kappa shape index (κ3) is 5.06. The van der Waals surface area contributed by atoms with Gasteiger partial charge in [0.15, 0.2) is 5.82 Å². The molecule has 0 saturated carbocycles. The van der Waals surface area contributed by atoms with E-state index in [9.17, 15) is 13.6 Å². The van der Waals surface area contributed by atoms with Crippen molar-refractivity contribution in [2.45, 2.75) is 18.5 Å². The van der Waals surface area contributed by atoms with Crippen LogP contribution >= 0.6 is 11.8 Å². The van der Waals surface area contributed by atoms with Gasteiger partial charge in [0, 0.05) is 17.5 Å². The first-order valence-electron chi connectivity index (χ1n) is 9.67. The first kappa shape index (κ1) is 20.9. The molecule has 0 atom stereocenters. The molecule has 4 rings (SSSR count). The predicted octanol–water partition coefficient (Wildman–Crippen LogP) is 5.29. The topological polar surface area (TPSA) is 54.9 Å². The summed E-state index contributed by atoms with van der Waals surface area (Å²) in [7, 11) is 0. The van der Waals surface area contributed by atoms with Crippen LogP contribution in [-0.2, 0) is 11.3 Å². The molecule has 0 bridgehead atoms. The number of carbonyl (C=O) groups excluding carboxylic acids is 1. The monoisotopic (exact) mass is 435 g/mol. The standard InChI is InChI=1S/C24H19F2N3OS/c1-15-3-2-4-20-22(15)28-23(17-7-11-19(26)12-8-17)29-24(20)31-14-21(30)27-13-16-5-9-18(25)10-6-16/h2-12H,13-14H2,1H3,(H,27,30). The summed E-state index contributed by atoms with van der Waals surface area (Å²) >= 11 is 1.32. The molecule has 0 spiro atoms. The Bertz CT molecular complexity index is 1230. The number of hydrogen-bond donors (Lipinski definition) is 1. The summed E-state index contributed by atoms with van der Waals surface area (Å²) < 4.78 is 26.3. The predicted molar refractivity (Wildman–Crippen MR) is 119 cm³/mol. The van der Waals surface area contributed by atoms with Crippen molar-refractivity contribution in [3.8, 4) is 11.4 Å². The number of nitrogens with one attached hydrogen (secondary N) is 1. The molecular weight excluding hydrogens is 416 g/mol. The molecule has 1 heterocycles. The molecular formula is C24H19F2N3OS. The molecule has 0 fully saturated rings. The van der Waals surface area contributed by atoms with Crippen LogP contribution in [0, 0.1) is 18.6 Å². The quantitative estimate of drug-likeness (QED) is 0.330. The highest BCUT2D eigenvalue weighted by molar-refractivity contribution is 8.00. The van der Waals surface area contributed by atoms with Gasteiger partial charge >= 0.3 is 0 Å². The van der Waals surface area contributed by atoms with Crippen molar-refractivity contribution in [2.75, 3.05) is 5.75 Å². The van der Waals surface area contributed by atoms with Gasteiger partial charge in [-0.25, -0.2) is 18.7 Å². The van der Waals surface area contributed by atoms with Crippen molar-refractivity contribution < 1.29 is 13.6 Å². The number of aryl methyl sites for hydroxylation is 1. The van der Waals surface area contributed by atoms with Crippen molar-refractivity contribution in [3.05, 3.63) is 89.5 Å². The highest BCUT2D eigenvalue weighted by Gasteiger charge is 2.13. The minimum atomic E-state index is -0.326. The number of amides is 1. The molecule has 1 N–H and O–H groups in total. The van der Waals surface area contributed by atoms with Crippen LogP contribution in [-0.4, -0.2) is 21.6 Å². The van der Waals surface area contributed by atoms with E-state index < -0.39 is 0 Å². The van der Waals surface area contributed by atoms with Gasteiger partial charge in [0.2, 0.25) is 5.91 Å². The zero-order chi connectivity index (χ0) is 21.8. The Labute approximate surface area is 182 Å². The third-order valence-electron chi connectivity index (χ3n) is 4.74. The van der Waals surface area contributed by atoms with Crippen LogP contribution in [0.4, 0.5) is 8.78 Å². The third-order valence-corrected chi connectivity index (χ3v) is 5.73. The van der Waals surface area contributed by atoms with E-state index in [1.54, 1.807) is 24.3 Å². The van der Waals surface area contributed by atoms with E-state index in [1.165, 1.54) is 36.0 Å². The summed E-state index contributed by atoms with van der Waals surface area (Å²) in [5.74, 6) is -0.140. The number of carbonyl (C=O) groups is 1. The van der Waals surface area contributed by atoms with Crippen molar-refractivity contribution in [1.82, 2.24) is 15.3 Å². The molecule has 7 heteroatoms. The molecule has 0 saturated heterocycles. The zero-order valence-corrected chi connectivity index (χ0v) is 17.5. The lowest BCUT2D eigenvalue weighted by molar-refractivity contribution is -0.118. The smallest absolute Gasteiger partial charge is 0.230 e. The molecule has 156 valence electrons. The van der Waals surface area contributed by atoms with E-state index in [1.807, 2.05) is 25.1 Å². The Morgan fingerprint density at radius 2 is 1.61 bits per heavy atom. The lowest BCUT2D eigenvalue weighted by atomic mass is 10.1. The number of para-hydroxylation sites is 1. The maximum absolute atomic E-state index is 13.3. The first-order valence-corrected chi connectivity index (χ1v) is 10.7. The summed E-state index contributed by atoms with van der Waals surface area (Å²) in [5.41, 5.74) is 3.31. The van der Waals surface area contributed by atoms with Gasteiger partial charge in [-0.05, 0) is 54.4 Å². The summed E-state index contributed by atoms with van der Waals surface area (Å²) in [4.78, 5) is 21.7. The Kier molecular flexibility index (Phi) is 6.23. The maximum Gasteiger partial charge on any atom is 0.230 e. The molecule has 1 aromatic heterocycles. The molecule has 4 nitrogen and oxygen atoms in total. The van der Waals surface area contributed by atoms with E-state index in [4.69, 9.17) is 0 Å². The van der Waals surface area contributed by atoms with Gasteiger partial charge in [0.05, 0.1) is 11.3 Å². The number of hydrogen-bond acceptors (Lipinski definition) is 4. The fourth-order valence-electron chi connectivity index (χ4n) is 3.09. The van der Waals surface area contributed by atoms with Crippen LogP contribution in [0.15, 0.2) is 71.8 Å². The Morgan fingerprint density at radius 1 is 0.935 bits per heavy atom. The van der Waals surface area contributed by atoms with E-state index in [-0.39, 0.29) is 23.3 Å². The van der Waals surface area contributed by atoms with E-state index in [0.29, 0.717) is 23.0 Å². The minimum Gasteiger partial charge on any atom is -0.351 e. The highest BCUT2D eigenvalue weighted by Crippen LogP contribution is 2.30. The molecule has 3 aromatic carbocycles. The minimum absolute atomic E-state index is 0.155. The zero-order valence-electron chi connectivity index (χ0n) is 16.7. The Hall–Kier alpha value is -3.32. The number of thioether (sulfide) groups is 1. The molecule has 31 heavy (non-hydrogen) atoms. The molecule has 0 radical (unpaired) electrons. The Morgan fingerprint density at radius 3 is 2.32 bits per heavy atom. The van der Waals surface area contributed by atoms with Crippen molar-refractivity contribution >= 4 is 28.6 Å². The second-order valence-electron chi connectivity index (χ2n) is 7.02. The van der Waals surface area contributed by atoms with Gasteiger partial charge in [-0.3, -0.25) is 4.79 Å². The molecule has 0 aliphatic rings. The van der Waals surface area contributed by atoms with E-state index in [2.05, 4.69) is 15.3 Å². The number of fused-ring (bicyclic) bond motifs is 1. The van der Waals surface area contributed by atoms with Crippen molar-refractivity contribution in [1.29, 1.82) is 0 Å². The van der Waals surface area contributed by atoms with Crippen LogP contribution in [0.1, 0.15) is 11.1 Å². The van der Waals surface area contributed by atoms with Gasteiger partial charge in [-0.1, -0.05) is 42.1 Å². The van der Waals surface area contributed by atoms with Crippen LogP contribution in [0.2, 0.25) is 0 Å². The Balaban J connectivity index is 1.54. The highest BCUT2D eigenvalue weighted by atomic mass is 32.2. The van der Waals surface area contributed by atoms with E-state index in [0.717, 1.165) is 22.0 Å². The average Bonchev–Trinajstić information content (AvgIpc) is 2.78. The largest absolute Gasteiger partial charge is 0.351 e. The number of benzene rings is 3. The summed E-state index contributed by atoms with van der Waals surface area (Å²) in [6, 6.07) is 17.8. The van der Waals surface area contributed by atoms with Gasteiger partial charge in [0.25, 0.3) is 0 Å². The average molecular weight is 435 g/mol. The van der Waals surface area contributed by atoms with Crippen LogP contribution < -0.4 is 5.32 Å². The summed E-state index contributed by atoms with van der Waals surface area (Å²) in [5, 5.41) is 4.38. The van der Waals surface area contributed by atoms with Crippen LogP contribution in [0.25, 0.3) is 22.3 Å². The lowest BCUT2D eigenvalue weighted by Gasteiger charge is -2.10. The van der Waals surface area contributed by atoms with Gasteiger partial charge in [-0.2, -0.15) is 0 Å². The summed E-state index contributed by atoms with van der Waals surface area (Å²) in [6.07, 6.45) is 0. The molecule has 0 aliphatic heterocycles. The molecule has 1 amide bonds. The molecule has 0 unspecified atom stereocenters. The van der Waals surface area contributed by atoms with E-state index >= 15 is 0 Å². The van der Waals surface area contributed by atoms with Gasteiger partial charge in [-0.15, -0.1) is 0 Å². The number of rotatable bonds is 6. The fourth-order valence-corrected chi connectivity index (χ4v) is 3.93. The number of nitrogens with zero attached hydrogens (tertiary/aromatic N) is 2. The first-order chi connectivity index (χ1) is 15.0. The van der Waals surface area contributed by atoms with Gasteiger partial charge < -0.3 is 5.32 Å². The van der Waals surface area contributed by atoms with Crippen LogP contribution in [0.5, 0.6) is 0 Å². The van der Waals surface area contributed by atoms with Gasteiger partial charge in [0.1, 0.15) is 16.7 Å². The second kappa shape index (κ2) is 9.22. The molecule has 0 aliphatic carbocycles. The molecule has 4 aromatic rings. The van der Waals surface area contributed by atoms with Crippen LogP contribution in [0.3, 0.4) is 0 Å². The number of halogens is 2. The maximum atomic E-state index is 13.3. The SMILES string of the molecule is Cc1cccc2c(SCC(=O)NCc3ccc(F)cc3)nc(-c3ccc(F)cc3)nc12. The summed E-state index contributed by atoms with van der Waals surface area (Å²) in [6.45, 7) is 2.29. The number of aromatic nitrogens is 2. The lowest BCUT2D eigenvalue weighted by Crippen LogP contribution is -2.24. The van der Waals surface area contributed by atoms with Crippen molar-refractivity contribution in [2.24, 2.45) is 0 Å². The fraction of sp³-hybridized carbons (Fsp3) is 0.125. The second-order valence-corrected chi connectivity index (χ2v) is 7.99. The van der Waals surface area contributed by atoms with Crippen molar-refractivity contribution in [3.63, 3.8) is 0 Å². The normalized spacial score (nSPS) is 10.9.